The van der Waals surface area contributed by atoms with Crippen molar-refractivity contribution in [2.75, 3.05) is 13.7 Å². The molecule has 2 unspecified atom stereocenters. The van der Waals surface area contributed by atoms with Crippen LogP contribution in [-0.4, -0.2) is 19.2 Å². The molecule has 3 heteroatoms. The molecule has 1 N–H and O–H groups in total. The van der Waals surface area contributed by atoms with Gasteiger partial charge in [-0.05, 0) is 82.2 Å². The molecule has 1 aromatic rings. The predicted octanol–water partition coefficient (Wildman–Crippen LogP) is 4.41. The molecule has 0 aliphatic heterocycles. The van der Waals surface area contributed by atoms with Crippen molar-refractivity contribution in [3.63, 3.8) is 0 Å². The molecule has 0 saturated heterocycles. The summed E-state index contributed by atoms with van der Waals surface area (Å²) in [5.74, 6) is 2.61. The Bertz CT molecular complexity index is 453. The van der Waals surface area contributed by atoms with Crippen LogP contribution in [0.1, 0.15) is 39.2 Å². The number of ether oxygens (including phenoxy) is 1. The smallest absolute Gasteiger partial charge is 0.122 e. The van der Waals surface area contributed by atoms with E-state index < -0.39 is 0 Å². The van der Waals surface area contributed by atoms with E-state index in [1.165, 1.54) is 18.4 Å². The van der Waals surface area contributed by atoms with Gasteiger partial charge in [-0.1, -0.05) is 15.9 Å². The van der Waals surface area contributed by atoms with Crippen molar-refractivity contribution in [3.8, 4) is 5.75 Å². The minimum absolute atomic E-state index is 0.216. The van der Waals surface area contributed by atoms with Crippen LogP contribution in [0.2, 0.25) is 0 Å². The Labute approximate surface area is 131 Å². The topological polar surface area (TPSA) is 21.3 Å². The fraction of sp³-hybridized carbons (Fsp3) is 0.647. The molecule has 0 aromatic heterocycles. The SMILES string of the molecule is COc1ccc(Br)cc1CC1CCC1CNC(C)(C)C. The number of hydrogen-bond acceptors (Lipinski definition) is 2. The Kier molecular flexibility index (Phi) is 5.14. The second kappa shape index (κ2) is 6.48. The Morgan fingerprint density at radius 3 is 2.50 bits per heavy atom. The van der Waals surface area contributed by atoms with Crippen molar-refractivity contribution in [3.05, 3.63) is 28.2 Å². The van der Waals surface area contributed by atoms with Crippen LogP contribution in [-0.2, 0) is 6.42 Å². The highest BCUT2D eigenvalue weighted by Gasteiger charge is 2.32. The zero-order valence-corrected chi connectivity index (χ0v) is 14.6. The third-order valence-electron chi connectivity index (χ3n) is 4.19. The Hall–Kier alpha value is -0.540. The fourth-order valence-corrected chi connectivity index (χ4v) is 3.21. The Balaban J connectivity index is 1.95. The first-order valence-electron chi connectivity index (χ1n) is 7.46. The lowest BCUT2D eigenvalue weighted by atomic mass is 9.70. The summed E-state index contributed by atoms with van der Waals surface area (Å²) >= 11 is 3.56. The third kappa shape index (κ3) is 4.23. The molecule has 20 heavy (non-hydrogen) atoms. The largest absolute Gasteiger partial charge is 0.496 e. The lowest BCUT2D eigenvalue weighted by Crippen LogP contribution is -2.44. The number of nitrogens with one attached hydrogen (secondary N) is 1. The maximum atomic E-state index is 5.48. The van der Waals surface area contributed by atoms with Crippen LogP contribution in [0, 0.1) is 11.8 Å². The standard InChI is InChI=1S/C17H26BrNO/c1-17(2,3)19-11-13-6-5-12(13)9-14-10-15(18)7-8-16(14)20-4/h7-8,10,12-13,19H,5-6,9,11H2,1-4H3. The average molecular weight is 340 g/mol. The van der Waals surface area contributed by atoms with Gasteiger partial charge >= 0.3 is 0 Å². The molecule has 1 aromatic carbocycles. The second-order valence-corrected chi connectivity index (χ2v) is 7.80. The van der Waals surface area contributed by atoms with Crippen LogP contribution in [0.3, 0.4) is 0 Å². The maximum absolute atomic E-state index is 5.48. The fourth-order valence-electron chi connectivity index (χ4n) is 2.80. The summed E-state index contributed by atoms with van der Waals surface area (Å²) < 4.78 is 6.62. The van der Waals surface area contributed by atoms with Gasteiger partial charge in [-0.25, -0.2) is 0 Å². The van der Waals surface area contributed by atoms with Gasteiger partial charge in [0.25, 0.3) is 0 Å². The normalized spacial score (nSPS) is 22.4. The predicted molar refractivity (Wildman–Crippen MR) is 88.4 cm³/mol. The summed E-state index contributed by atoms with van der Waals surface area (Å²) in [6.45, 7) is 7.83. The first-order chi connectivity index (χ1) is 9.39. The van der Waals surface area contributed by atoms with Crippen molar-refractivity contribution in [2.24, 2.45) is 11.8 Å². The molecule has 2 rings (SSSR count). The molecule has 0 bridgehead atoms. The summed E-state index contributed by atoms with van der Waals surface area (Å²) in [7, 11) is 1.76. The van der Waals surface area contributed by atoms with Crippen LogP contribution >= 0.6 is 15.9 Å². The second-order valence-electron chi connectivity index (χ2n) is 6.89. The summed E-state index contributed by atoms with van der Waals surface area (Å²) in [6, 6.07) is 6.30. The summed E-state index contributed by atoms with van der Waals surface area (Å²) in [5, 5.41) is 3.64. The van der Waals surface area contributed by atoms with Gasteiger partial charge in [0.05, 0.1) is 7.11 Å². The summed E-state index contributed by atoms with van der Waals surface area (Å²) in [6.07, 6.45) is 3.81. The van der Waals surface area contributed by atoms with E-state index in [9.17, 15) is 0 Å². The number of benzene rings is 1. The zero-order valence-electron chi connectivity index (χ0n) is 13.0. The van der Waals surface area contributed by atoms with E-state index >= 15 is 0 Å². The van der Waals surface area contributed by atoms with E-state index in [1.807, 2.05) is 6.07 Å². The molecule has 0 amide bonds. The van der Waals surface area contributed by atoms with Gasteiger partial charge in [0, 0.05) is 10.0 Å². The molecule has 1 aliphatic rings. The molecule has 2 nitrogen and oxygen atoms in total. The molecule has 2 atom stereocenters. The molecule has 112 valence electrons. The van der Waals surface area contributed by atoms with Crippen LogP contribution in [0.25, 0.3) is 0 Å². The van der Waals surface area contributed by atoms with Crippen molar-refractivity contribution in [2.45, 2.75) is 45.6 Å². The number of rotatable bonds is 5. The molecular formula is C17H26BrNO. The van der Waals surface area contributed by atoms with E-state index in [0.717, 1.165) is 35.0 Å². The number of halogens is 1. The maximum Gasteiger partial charge on any atom is 0.122 e. The minimum Gasteiger partial charge on any atom is -0.496 e. The monoisotopic (exact) mass is 339 g/mol. The average Bonchev–Trinajstić information content (AvgIpc) is 2.33. The highest BCUT2D eigenvalue weighted by molar-refractivity contribution is 9.10. The van der Waals surface area contributed by atoms with Crippen LogP contribution < -0.4 is 10.1 Å². The summed E-state index contributed by atoms with van der Waals surface area (Å²) in [5.41, 5.74) is 1.54. The van der Waals surface area contributed by atoms with Crippen LogP contribution in [0.4, 0.5) is 0 Å². The van der Waals surface area contributed by atoms with Gasteiger partial charge in [0.2, 0.25) is 0 Å². The van der Waals surface area contributed by atoms with Crippen molar-refractivity contribution in [1.29, 1.82) is 0 Å². The number of methoxy groups -OCH3 is 1. The molecule has 0 radical (unpaired) electrons. The van der Waals surface area contributed by atoms with Crippen molar-refractivity contribution >= 4 is 15.9 Å². The molecule has 1 aliphatic carbocycles. The lowest BCUT2D eigenvalue weighted by molar-refractivity contribution is 0.158. The Morgan fingerprint density at radius 2 is 1.95 bits per heavy atom. The molecule has 0 heterocycles. The van der Waals surface area contributed by atoms with Crippen LogP contribution in [0.5, 0.6) is 5.75 Å². The Morgan fingerprint density at radius 1 is 1.25 bits per heavy atom. The van der Waals surface area contributed by atoms with Gasteiger partial charge in [0.15, 0.2) is 0 Å². The van der Waals surface area contributed by atoms with Crippen LogP contribution in [0.15, 0.2) is 22.7 Å². The lowest BCUT2D eigenvalue weighted by Gasteiger charge is -2.39. The van der Waals surface area contributed by atoms with E-state index in [0.29, 0.717) is 0 Å². The summed E-state index contributed by atoms with van der Waals surface area (Å²) in [4.78, 5) is 0. The van der Waals surface area contributed by atoms with E-state index in [-0.39, 0.29) is 5.54 Å². The zero-order chi connectivity index (χ0) is 14.8. The van der Waals surface area contributed by atoms with Gasteiger partial charge < -0.3 is 10.1 Å². The highest BCUT2D eigenvalue weighted by atomic mass is 79.9. The number of hydrogen-bond donors (Lipinski definition) is 1. The van der Waals surface area contributed by atoms with Crippen molar-refractivity contribution < 1.29 is 4.74 Å². The van der Waals surface area contributed by atoms with E-state index in [4.69, 9.17) is 4.74 Å². The van der Waals surface area contributed by atoms with Crippen molar-refractivity contribution in [1.82, 2.24) is 5.32 Å². The molecule has 0 spiro atoms. The first-order valence-corrected chi connectivity index (χ1v) is 8.26. The molecule has 1 saturated carbocycles. The van der Waals surface area contributed by atoms with E-state index in [1.54, 1.807) is 7.11 Å². The molecule has 1 fully saturated rings. The third-order valence-corrected chi connectivity index (χ3v) is 4.69. The first kappa shape index (κ1) is 15.8. The van der Waals surface area contributed by atoms with E-state index in [2.05, 4.69) is 54.2 Å². The van der Waals surface area contributed by atoms with Gasteiger partial charge in [-0.2, -0.15) is 0 Å². The minimum atomic E-state index is 0.216. The highest BCUT2D eigenvalue weighted by Crippen LogP contribution is 2.38. The van der Waals surface area contributed by atoms with Gasteiger partial charge in [-0.15, -0.1) is 0 Å². The van der Waals surface area contributed by atoms with Gasteiger partial charge in [-0.3, -0.25) is 0 Å². The quantitative estimate of drug-likeness (QED) is 0.857. The molecular weight excluding hydrogens is 314 g/mol. The van der Waals surface area contributed by atoms with Gasteiger partial charge in [0.1, 0.15) is 5.75 Å².